The first-order valence-corrected chi connectivity index (χ1v) is 7.93. The standard InChI is InChI=1S/C19H17N3O4/c1-12-7-8-13(19(25)26-2)9-16(12)21-17(23)11-22-18(24)15-6-4-3-5-14(15)10-20-22/h3-10H,11H2,1-2H3,(H,21,23). The highest BCUT2D eigenvalue weighted by Crippen LogP contribution is 2.17. The van der Waals surface area contributed by atoms with Gasteiger partial charge in [-0.2, -0.15) is 5.10 Å². The quantitative estimate of drug-likeness (QED) is 0.727. The van der Waals surface area contributed by atoms with E-state index in [0.29, 0.717) is 16.6 Å². The molecule has 0 atom stereocenters. The van der Waals surface area contributed by atoms with E-state index in [1.807, 2.05) is 6.07 Å². The summed E-state index contributed by atoms with van der Waals surface area (Å²) in [7, 11) is 1.29. The summed E-state index contributed by atoms with van der Waals surface area (Å²) in [5.41, 5.74) is 1.25. The second-order valence-corrected chi connectivity index (χ2v) is 5.76. The number of esters is 1. The number of amides is 1. The molecule has 7 heteroatoms. The van der Waals surface area contributed by atoms with E-state index in [2.05, 4.69) is 15.2 Å². The molecule has 0 aliphatic heterocycles. The minimum Gasteiger partial charge on any atom is -0.465 e. The van der Waals surface area contributed by atoms with Gasteiger partial charge in [0.2, 0.25) is 5.91 Å². The fraction of sp³-hybridized carbons (Fsp3) is 0.158. The van der Waals surface area contributed by atoms with E-state index >= 15 is 0 Å². The average molecular weight is 351 g/mol. The lowest BCUT2D eigenvalue weighted by molar-refractivity contribution is -0.117. The van der Waals surface area contributed by atoms with Crippen LogP contribution in [0.2, 0.25) is 0 Å². The van der Waals surface area contributed by atoms with Crippen LogP contribution in [0, 0.1) is 6.92 Å². The normalized spacial score (nSPS) is 10.5. The third-order valence-corrected chi connectivity index (χ3v) is 3.99. The topological polar surface area (TPSA) is 90.3 Å². The number of nitrogens with one attached hydrogen (secondary N) is 1. The minimum absolute atomic E-state index is 0.231. The summed E-state index contributed by atoms with van der Waals surface area (Å²) in [6.07, 6.45) is 1.55. The van der Waals surface area contributed by atoms with Crippen molar-refractivity contribution in [3.05, 3.63) is 70.1 Å². The largest absolute Gasteiger partial charge is 0.465 e. The number of fused-ring (bicyclic) bond motifs is 1. The third-order valence-electron chi connectivity index (χ3n) is 3.99. The molecule has 0 aliphatic rings. The number of hydrogen-bond donors (Lipinski definition) is 1. The molecule has 0 saturated carbocycles. The summed E-state index contributed by atoms with van der Waals surface area (Å²) in [5, 5.41) is 7.96. The van der Waals surface area contributed by atoms with Crippen LogP contribution in [0.25, 0.3) is 10.8 Å². The van der Waals surface area contributed by atoms with Crippen molar-refractivity contribution in [2.75, 3.05) is 12.4 Å². The van der Waals surface area contributed by atoms with E-state index in [1.54, 1.807) is 43.5 Å². The maximum absolute atomic E-state index is 12.4. The van der Waals surface area contributed by atoms with Gasteiger partial charge in [0.25, 0.3) is 5.56 Å². The molecule has 2 aromatic carbocycles. The maximum atomic E-state index is 12.4. The molecule has 3 rings (SSSR count). The Labute approximate surface area is 149 Å². The Morgan fingerprint density at radius 1 is 1.19 bits per heavy atom. The van der Waals surface area contributed by atoms with Crippen LogP contribution in [0.3, 0.4) is 0 Å². The van der Waals surface area contributed by atoms with Crippen LogP contribution < -0.4 is 10.9 Å². The zero-order valence-electron chi connectivity index (χ0n) is 14.4. The predicted molar refractivity (Wildman–Crippen MR) is 97.2 cm³/mol. The number of aryl methyl sites for hydroxylation is 1. The van der Waals surface area contributed by atoms with Crippen LogP contribution in [-0.4, -0.2) is 28.8 Å². The van der Waals surface area contributed by atoms with Gasteiger partial charge in [-0.25, -0.2) is 9.48 Å². The Bertz CT molecular complexity index is 1060. The molecule has 1 N–H and O–H groups in total. The number of methoxy groups -OCH3 is 1. The highest BCUT2D eigenvalue weighted by Gasteiger charge is 2.12. The Hall–Kier alpha value is -3.48. The van der Waals surface area contributed by atoms with Gasteiger partial charge in [0, 0.05) is 11.1 Å². The first kappa shape index (κ1) is 17.3. The van der Waals surface area contributed by atoms with E-state index < -0.39 is 11.9 Å². The average Bonchev–Trinajstić information content (AvgIpc) is 2.65. The molecule has 0 unspecified atom stereocenters. The van der Waals surface area contributed by atoms with Crippen molar-refractivity contribution in [1.29, 1.82) is 0 Å². The minimum atomic E-state index is -0.493. The number of carbonyl (C=O) groups is 2. The second kappa shape index (κ2) is 7.18. The molecule has 0 bridgehead atoms. The first-order valence-electron chi connectivity index (χ1n) is 7.93. The van der Waals surface area contributed by atoms with Crippen LogP contribution in [0.5, 0.6) is 0 Å². The molecule has 1 amide bonds. The molecular formula is C19H17N3O4. The summed E-state index contributed by atoms with van der Waals surface area (Å²) < 4.78 is 5.79. The van der Waals surface area contributed by atoms with E-state index in [1.165, 1.54) is 13.2 Å². The molecule has 1 heterocycles. The number of benzene rings is 2. The summed E-state index contributed by atoms with van der Waals surface area (Å²) in [6.45, 7) is 1.57. The molecule has 1 aromatic heterocycles. The molecule has 0 spiro atoms. The molecule has 0 fully saturated rings. The lowest BCUT2D eigenvalue weighted by Crippen LogP contribution is -2.29. The SMILES string of the molecule is COC(=O)c1ccc(C)c(NC(=O)Cn2ncc3ccccc3c2=O)c1. The molecule has 0 radical (unpaired) electrons. The highest BCUT2D eigenvalue weighted by molar-refractivity contribution is 5.95. The van der Waals surface area contributed by atoms with Gasteiger partial charge in [-0.1, -0.05) is 24.3 Å². The predicted octanol–water partition coefficient (Wildman–Crippen LogP) is 2.13. The van der Waals surface area contributed by atoms with Crippen molar-refractivity contribution in [3.8, 4) is 0 Å². The molecule has 3 aromatic rings. The van der Waals surface area contributed by atoms with Crippen molar-refractivity contribution in [2.24, 2.45) is 0 Å². The van der Waals surface area contributed by atoms with E-state index in [-0.39, 0.29) is 12.1 Å². The third kappa shape index (κ3) is 3.46. The number of anilines is 1. The zero-order valence-corrected chi connectivity index (χ0v) is 14.4. The second-order valence-electron chi connectivity index (χ2n) is 5.76. The van der Waals surface area contributed by atoms with E-state index in [4.69, 9.17) is 0 Å². The van der Waals surface area contributed by atoms with Crippen molar-refractivity contribution in [2.45, 2.75) is 13.5 Å². The molecular weight excluding hydrogens is 334 g/mol. The number of rotatable bonds is 4. The maximum Gasteiger partial charge on any atom is 0.337 e. The first-order chi connectivity index (χ1) is 12.5. The van der Waals surface area contributed by atoms with Crippen molar-refractivity contribution in [1.82, 2.24) is 9.78 Å². The van der Waals surface area contributed by atoms with Gasteiger partial charge in [0.05, 0.1) is 24.3 Å². The van der Waals surface area contributed by atoms with Gasteiger partial charge in [-0.15, -0.1) is 0 Å². The number of hydrogen-bond acceptors (Lipinski definition) is 5. The van der Waals surface area contributed by atoms with Gasteiger partial charge in [0.15, 0.2) is 0 Å². The summed E-state index contributed by atoms with van der Waals surface area (Å²) in [6, 6.07) is 11.9. The van der Waals surface area contributed by atoms with Crippen LogP contribution >= 0.6 is 0 Å². The Balaban J connectivity index is 1.83. The van der Waals surface area contributed by atoms with Crippen molar-refractivity contribution in [3.63, 3.8) is 0 Å². The molecule has 7 nitrogen and oxygen atoms in total. The summed E-state index contributed by atoms with van der Waals surface area (Å²) >= 11 is 0. The van der Waals surface area contributed by atoms with Crippen molar-refractivity contribution < 1.29 is 14.3 Å². The van der Waals surface area contributed by atoms with E-state index in [0.717, 1.165) is 15.6 Å². The number of ether oxygens (including phenoxy) is 1. The van der Waals surface area contributed by atoms with E-state index in [9.17, 15) is 14.4 Å². The smallest absolute Gasteiger partial charge is 0.337 e. The number of aromatic nitrogens is 2. The van der Waals surface area contributed by atoms with Gasteiger partial charge in [0.1, 0.15) is 6.54 Å². The van der Waals surface area contributed by atoms with Gasteiger partial charge >= 0.3 is 5.97 Å². The molecule has 26 heavy (non-hydrogen) atoms. The number of carbonyl (C=O) groups excluding carboxylic acids is 2. The monoisotopic (exact) mass is 351 g/mol. The summed E-state index contributed by atoms with van der Waals surface area (Å²) in [5.74, 6) is -0.909. The van der Waals surface area contributed by atoms with Gasteiger partial charge < -0.3 is 10.1 Å². The Kier molecular flexibility index (Phi) is 4.79. The summed E-state index contributed by atoms with van der Waals surface area (Å²) in [4.78, 5) is 36.4. The zero-order chi connectivity index (χ0) is 18.7. The molecule has 0 saturated heterocycles. The lowest BCUT2D eigenvalue weighted by atomic mass is 10.1. The lowest BCUT2D eigenvalue weighted by Gasteiger charge is -2.11. The van der Waals surface area contributed by atoms with Crippen molar-refractivity contribution >= 4 is 28.3 Å². The van der Waals surface area contributed by atoms with Crippen LogP contribution in [0.15, 0.2) is 53.5 Å². The van der Waals surface area contributed by atoms with Crippen LogP contribution in [0.1, 0.15) is 15.9 Å². The van der Waals surface area contributed by atoms with Gasteiger partial charge in [-0.3, -0.25) is 9.59 Å². The molecule has 132 valence electrons. The van der Waals surface area contributed by atoms with Crippen LogP contribution in [-0.2, 0) is 16.1 Å². The molecule has 0 aliphatic carbocycles. The van der Waals surface area contributed by atoms with Crippen LogP contribution in [0.4, 0.5) is 5.69 Å². The fourth-order valence-corrected chi connectivity index (χ4v) is 2.57. The van der Waals surface area contributed by atoms with Gasteiger partial charge in [-0.05, 0) is 30.7 Å². The highest BCUT2D eigenvalue weighted by atomic mass is 16.5. The Morgan fingerprint density at radius 2 is 1.96 bits per heavy atom. The Morgan fingerprint density at radius 3 is 2.73 bits per heavy atom. The number of nitrogens with zero attached hydrogens (tertiary/aromatic N) is 2. The fourth-order valence-electron chi connectivity index (χ4n) is 2.57.